The van der Waals surface area contributed by atoms with E-state index in [1.807, 2.05) is 24.3 Å². The first-order valence-electron chi connectivity index (χ1n) is 6.33. The fourth-order valence-corrected chi connectivity index (χ4v) is 2.08. The lowest BCUT2D eigenvalue weighted by atomic mass is 10.0. The number of nitrogens with two attached hydrogens (primary N) is 1. The van der Waals surface area contributed by atoms with E-state index in [1.54, 1.807) is 31.2 Å². The zero-order valence-electron chi connectivity index (χ0n) is 11.2. The molecule has 0 heterocycles. The minimum Gasteiger partial charge on any atom is -0.460 e. The van der Waals surface area contributed by atoms with Gasteiger partial charge in [0.2, 0.25) is 0 Å². The van der Waals surface area contributed by atoms with Gasteiger partial charge in [-0.3, -0.25) is 4.79 Å². The van der Waals surface area contributed by atoms with E-state index in [0.717, 1.165) is 11.1 Å². The number of carbonyl (C=O) groups excluding carboxylic acids is 1. The molecule has 0 fully saturated rings. The molecule has 20 heavy (non-hydrogen) atoms. The SMILES string of the molecule is CC(C(=O)OCc1cccc(Cl)c1)c1cccc(N)c1. The minimum absolute atomic E-state index is 0.214. The average molecular weight is 290 g/mol. The number of benzene rings is 2. The van der Waals surface area contributed by atoms with Crippen molar-refractivity contribution in [1.29, 1.82) is 0 Å². The van der Waals surface area contributed by atoms with Crippen molar-refractivity contribution in [1.82, 2.24) is 0 Å². The summed E-state index contributed by atoms with van der Waals surface area (Å²) >= 11 is 5.88. The maximum Gasteiger partial charge on any atom is 0.313 e. The largest absolute Gasteiger partial charge is 0.460 e. The van der Waals surface area contributed by atoms with E-state index >= 15 is 0 Å². The van der Waals surface area contributed by atoms with Gasteiger partial charge in [-0.25, -0.2) is 0 Å². The highest BCUT2D eigenvalue weighted by atomic mass is 35.5. The molecule has 0 aromatic heterocycles. The molecule has 3 nitrogen and oxygen atoms in total. The summed E-state index contributed by atoms with van der Waals surface area (Å²) in [4.78, 5) is 12.0. The molecule has 1 unspecified atom stereocenters. The van der Waals surface area contributed by atoms with Crippen molar-refractivity contribution in [2.45, 2.75) is 19.4 Å². The second-order valence-electron chi connectivity index (χ2n) is 4.63. The molecule has 0 saturated heterocycles. The molecule has 4 heteroatoms. The monoisotopic (exact) mass is 289 g/mol. The van der Waals surface area contributed by atoms with Crippen LogP contribution < -0.4 is 5.73 Å². The highest BCUT2D eigenvalue weighted by molar-refractivity contribution is 6.30. The molecule has 0 bridgehead atoms. The fraction of sp³-hybridized carbons (Fsp3) is 0.188. The standard InChI is InChI=1S/C16H16ClNO2/c1-11(13-5-3-7-15(18)9-13)16(19)20-10-12-4-2-6-14(17)8-12/h2-9,11H,10,18H2,1H3. The number of hydrogen-bond donors (Lipinski definition) is 1. The van der Waals surface area contributed by atoms with E-state index in [9.17, 15) is 4.79 Å². The van der Waals surface area contributed by atoms with Gasteiger partial charge < -0.3 is 10.5 Å². The topological polar surface area (TPSA) is 52.3 Å². The van der Waals surface area contributed by atoms with Crippen LogP contribution in [0.3, 0.4) is 0 Å². The van der Waals surface area contributed by atoms with Crippen LogP contribution in [0, 0.1) is 0 Å². The second kappa shape index (κ2) is 6.44. The van der Waals surface area contributed by atoms with Gasteiger partial charge in [-0.1, -0.05) is 35.9 Å². The second-order valence-corrected chi connectivity index (χ2v) is 5.07. The summed E-state index contributed by atoms with van der Waals surface area (Å²) in [5.41, 5.74) is 8.06. The molecular weight excluding hydrogens is 274 g/mol. The molecule has 0 aliphatic carbocycles. The van der Waals surface area contributed by atoms with Crippen LogP contribution in [0.15, 0.2) is 48.5 Å². The summed E-state index contributed by atoms with van der Waals surface area (Å²) in [5.74, 6) is -0.631. The van der Waals surface area contributed by atoms with Gasteiger partial charge in [0.1, 0.15) is 6.61 Å². The number of hydrogen-bond acceptors (Lipinski definition) is 3. The van der Waals surface area contributed by atoms with Gasteiger partial charge in [0.15, 0.2) is 0 Å². The number of nitrogen functional groups attached to an aromatic ring is 1. The summed E-state index contributed by atoms with van der Waals surface area (Å²) in [6, 6.07) is 14.5. The molecule has 104 valence electrons. The lowest BCUT2D eigenvalue weighted by Crippen LogP contribution is -2.13. The Morgan fingerprint density at radius 3 is 2.70 bits per heavy atom. The Morgan fingerprint density at radius 1 is 1.25 bits per heavy atom. The Labute approximate surface area is 123 Å². The van der Waals surface area contributed by atoms with Crippen molar-refractivity contribution in [2.24, 2.45) is 0 Å². The minimum atomic E-state index is -0.349. The van der Waals surface area contributed by atoms with Crippen LogP contribution >= 0.6 is 11.6 Å². The van der Waals surface area contributed by atoms with Crippen LogP contribution in [0.25, 0.3) is 0 Å². The Kier molecular flexibility index (Phi) is 4.64. The van der Waals surface area contributed by atoms with Gasteiger partial charge in [0, 0.05) is 10.7 Å². The van der Waals surface area contributed by atoms with Crippen LogP contribution in [-0.2, 0) is 16.1 Å². The van der Waals surface area contributed by atoms with Crippen LogP contribution in [0.4, 0.5) is 5.69 Å². The molecule has 2 aromatic carbocycles. The van der Waals surface area contributed by atoms with E-state index in [2.05, 4.69) is 0 Å². The number of halogens is 1. The molecule has 2 rings (SSSR count). The van der Waals surface area contributed by atoms with Gasteiger partial charge in [-0.05, 0) is 42.3 Å². The molecule has 0 radical (unpaired) electrons. The maximum atomic E-state index is 12.0. The van der Waals surface area contributed by atoms with Crippen LogP contribution in [0.1, 0.15) is 24.0 Å². The summed E-state index contributed by atoms with van der Waals surface area (Å²) in [6.45, 7) is 2.02. The van der Waals surface area contributed by atoms with Gasteiger partial charge in [-0.15, -0.1) is 0 Å². The van der Waals surface area contributed by atoms with E-state index in [1.165, 1.54) is 0 Å². The Morgan fingerprint density at radius 2 is 2.00 bits per heavy atom. The van der Waals surface area contributed by atoms with Crippen molar-refractivity contribution < 1.29 is 9.53 Å². The summed E-state index contributed by atoms with van der Waals surface area (Å²) in [6.07, 6.45) is 0. The van der Waals surface area contributed by atoms with Crippen LogP contribution in [0.5, 0.6) is 0 Å². The number of carbonyl (C=O) groups is 1. The van der Waals surface area contributed by atoms with Gasteiger partial charge >= 0.3 is 5.97 Å². The van der Waals surface area contributed by atoms with E-state index < -0.39 is 0 Å². The molecule has 0 aliphatic heterocycles. The number of esters is 1. The molecular formula is C16H16ClNO2. The smallest absolute Gasteiger partial charge is 0.313 e. The molecule has 0 amide bonds. The first-order chi connectivity index (χ1) is 9.56. The van der Waals surface area contributed by atoms with Crippen molar-refractivity contribution >= 4 is 23.3 Å². The summed E-state index contributed by atoms with van der Waals surface area (Å²) in [7, 11) is 0. The van der Waals surface area contributed by atoms with E-state index in [-0.39, 0.29) is 18.5 Å². The molecule has 0 aliphatic rings. The van der Waals surface area contributed by atoms with Crippen molar-refractivity contribution in [3.05, 3.63) is 64.7 Å². The quantitative estimate of drug-likeness (QED) is 0.688. The lowest BCUT2D eigenvalue weighted by Gasteiger charge is -2.12. The highest BCUT2D eigenvalue weighted by Crippen LogP contribution is 2.20. The molecule has 2 aromatic rings. The molecule has 0 spiro atoms. The predicted octanol–water partition coefficient (Wildman–Crippen LogP) is 3.77. The normalized spacial score (nSPS) is 11.9. The Hall–Kier alpha value is -2.00. The maximum absolute atomic E-state index is 12.0. The summed E-state index contributed by atoms with van der Waals surface area (Å²) < 4.78 is 5.30. The zero-order valence-corrected chi connectivity index (χ0v) is 11.9. The summed E-state index contributed by atoms with van der Waals surface area (Å²) in [5, 5.41) is 0.627. The van der Waals surface area contributed by atoms with E-state index in [4.69, 9.17) is 22.1 Å². The Balaban J connectivity index is 1.98. The molecule has 1 atom stereocenters. The third kappa shape index (κ3) is 3.75. The number of anilines is 1. The fourth-order valence-electron chi connectivity index (χ4n) is 1.87. The van der Waals surface area contributed by atoms with Gasteiger partial charge in [0.25, 0.3) is 0 Å². The molecule has 0 saturated carbocycles. The zero-order chi connectivity index (χ0) is 14.5. The highest BCUT2D eigenvalue weighted by Gasteiger charge is 2.17. The lowest BCUT2D eigenvalue weighted by molar-refractivity contribution is -0.146. The number of ether oxygens (including phenoxy) is 1. The average Bonchev–Trinajstić information content (AvgIpc) is 2.44. The Bertz CT molecular complexity index is 613. The van der Waals surface area contributed by atoms with Crippen molar-refractivity contribution in [3.8, 4) is 0 Å². The number of rotatable bonds is 4. The van der Waals surface area contributed by atoms with E-state index in [0.29, 0.717) is 10.7 Å². The first-order valence-corrected chi connectivity index (χ1v) is 6.70. The van der Waals surface area contributed by atoms with Gasteiger partial charge in [0.05, 0.1) is 5.92 Å². The first kappa shape index (κ1) is 14.4. The van der Waals surface area contributed by atoms with Crippen molar-refractivity contribution in [3.63, 3.8) is 0 Å². The van der Waals surface area contributed by atoms with Crippen LogP contribution in [-0.4, -0.2) is 5.97 Å². The van der Waals surface area contributed by atoms with Crippen molar-refractivity contribution in [2.75, 3.05) is 5.73 Å². The molecule has 2 N–H and O–H groups in total. The van der Waals surface area contributed by atoms with Gasteiger partial charge in [-0.2, -0.15) is 0 Å². The predicted molar refractivity (Wildman–Crippen MR) is 80.5 cm³/mol. The van der Waals surface area contributed by atoms with Crippen LogP contribution in [0.2, 0.25) is 5.02 Å². The third-order valence-corrected chi connectivity index (χ3v) is 3.27. The third-order valence-electron chi connectivity index (χ3n) is 3.03.